The summed E-state index contributed by atoms with van der Waals surface area (Å²) in [6.07, 6.45) is 0.120. The Morgan fingerprint density at radius 2 is 1.91 bits per heavy atom. The van der Waals surface area contributed by atoms with Gasteiger partial charge in [-0.3, -0.25) is 9.59 Å². The van der Waals surface area contributed by atoms with E-state index in [0.29, 0.717) is 15.7 Å². The zero-order valence-electron chi connectivity index (χ0n) is 12.2. The minimum absolute atomic E-state index is 0.0517. The first-order valence-corrected chi connectivity index (χ1v) is 7.44. The molecule has 0 aliphatic rings. The molecule has 5 nitrogen and oxygen atoms in total. The van der Waals surface area contributed by atoms with Crippen LogP contribution in [0.2, 0.25) is 10.0 Å². The number of anilines is 1. The van der Waals surface area contributed by atoms with Gasteiger partial charge >= 0.3 is 0 Å². The summed E-state index contributed by atoms with van der Waals surface area (Å²) in [5.74, 6) is -0.512. The molecule has 1 amide bonds. The van der Waals surface area contributed by atoms with E-state index in [0.717, 1.165) is 11.4 Å². The van der Waals surface area contributed by atoms with E-state index < -0.39 is 0 Å². The van der Waals surface area contributed by atoms with Crippen molar-refractivity contribution in [1.82, 2.24) is 9.78 Å². The first-order chi connectivity index (χ1) is 10.4. The Hall–Kier alpha value is -1.85. The fourth-order valence-electron chi connectivity index (χ4n) is 2.01. The number of aromatic nitrogens is 2. The molecule has 0 radical (unpaired) electrons. The van der Waals surface area contributed by atoms with Crippen LogP contribution in [0, 0.1) is 13.8 Å². The Morgan fingerprint density at radius 3 is 2.50 bits per heavy atom. The molecular weight excluding hydrogens is 325 g/mol. The van der Waals surface area contributed by atoms with Crippen LogP contribution in [0.4, 0.5) is 5.69 Å². The molecule has 2 aromatic rings. The van der Waals surface area contributed by atoms with Crippen molar-refractivity contribution < 1.29 is 9.59 Å². The Balaban J connectivity index is 1.92. The summed E-state index contributed by atoms with van der Waals surface area (Å²) in [4.78, 5) is 23.9. The van der Waals surface area contributed by atoms with Gasteiger partial charge in [0.25, 0.3) is 0 Å². The predicted octanol–water partition coefficient (Wildman–Crippen LogP) is 3.87. The third-order valence-electron chi connectivity index (χ3n) is 3.02. The number of benzene rings is 1. The fraction of sp³-hybridized carbons (Fsp3) is 0.267. The van der Waals surface area contributed by atoms with Gasteiger partial charge in [-0.05, 0) is 38.1 Å². The van der Waals surface area contributed by atoms with Crippen molar-refractivity contribution in [3.8, 4) is 0 Å². The van der Waals surface area contributed by atoms with Crippen LogP contribution >= 0.6 is 23.2 Å². The van der Waals surface area contributed by atoms with Gasteiger partial charge in [-0.1, -0.05) is 23.2 Å². The number of carbonyl (C=O) groups is 2. The molecule has 0 aliphatic carbocycles. The lowest BCUT2D eigenvalue weighted by Gasteiger charge is -2.07. The Kier molecular flexibility index (Phi) is 5.21. The van der Waals surface area contributed by atoms with Crippen LogP contribution in [0.3, 0.4) is 0 Å². The Bertz CT molecular complexity index is 726. The van der Waals surface area contributed by atoms with Crippen LogP contribution < -0.4 is 5.32 Å². The van der Waals surface area contributed by atoms with Crippen LogP contribution in [0.15, 0.2) is 24.3 Å². The van der Waals surface area contributed by atoms with Crippen LogP contribution in [0.1, 0.15) is 29.0 Å². The van der Waals surface area contributed by atoms with Crippen molar-refractivity contribution in [2.75, 3.05) is 5.32 Å². The molecule has 1 aromatic heterocycles. The summed E-state index contributed by atoms with van der Waals surface area (Å²) in [6, 6.07) is 6.60. The summed E-state index contributed by atoms with van der Waals surface area (Å²) in [5, 5.41) is 7.59. The summed E-state index contributed by atoms with van der Waals surface area (Å²) in [6.45, 7) is 3.61. The Morgan fingerprint density at radius 1 is 1.18 bits per heavy atom. The number of amides is 1. The first kappa shape index (κ1) is 16.5. The molecule has 0 bridgehead atoms. The second-order valence-electron chi connectivity index (χ2n) is 4.90. The molecule has 0 spiro atoms. The highest BCUT2D eigenvalue weighted by atomic mass is 35.5. The van der Waals surface area contributed by atoms with Crippen molar-refractivity contribution in [3.63, 3.8) is 0 Å². The summed E-state index contributed by atoms with van der Waals surface area (Å²) in [7, 11) is 0. The number of hydrogen-bond donors (Lipinski definition) is 1. The molecule has 0 fully saturated rings. The van der Waals surface area contributed by atoms with E-state index in [1.165, 1.54) is 4.68 Å². The SMILES string of the molecule is Cc1cc(C)n(C(=O)CCC(=O)Nc2ccc(Cl)cc2Cl)n1. The maximum absolute atomic E-state index is 12.0. The predicted molar refractivity (Wildman–Crippen MR) is 86.7 cm³/mol. The molecule has 2 rings (SSSR count). The molecule has 0 aliphatic heterocycles. The molecule has 116 valence electrons. The van der Waals surface area contributed by atoms with Gasteiger partial charge in [-0.15, -0.1) is 0 Å². The third kappa shape index (κ3) is 4.08. The maximum atomic E-state index is 12.0. The molecule has 0 saturated carbocycles. The summed E-state index contributed by atoms with van der Waals surface area (Å²) >= 11 is 11.8. The fourth-order valence-corrected chi connectivity index (χ4v) is 2.47. The smallest absolute Gasteiger partial charge is 0.247 e. The van der Waals surface area contributed by atoms with E-state index >= 15 is 0 Å². The van der Waals surface area contributed by atoms with E-state index in [2.05, 4.69) is 10.4 Å². The van der Waals surface area contributed by atoms with Crippen LogP contribution in [0.25, 0.3) is 0 Å². The zero-order valence-corrected chi connectivity index (χ0v) is 13.7. The summed E-state index contributed by atoms with van der Waals surface area (Å²) < 4.78 is 1.32. The highest BCUT2D eigenvalue weighted by molar-refractivity contribution is 6.36. The minimum Gasteiger partial charge on any atom is -0.325 e. The second-order valence-corrected chi connectivity index (χ2v) is 5.75. The van der Waals surface area contributed by atoms with Gasteiger partial charge < -0.3 is 5.32 Å². The average molecular weight is 340 g/mol. The van der Waals surface area contributed by atoms with Crippen LogP contribution in [-0.4, -0.2) is 21.6 Å². The lowest BCUT2D eigenvalue weighted by molar-refractivity contribution is -0.116. The monoisotopic (exact) mass is 339 g/mol. The van der Waals surface area contributed by atoms with Crippen molar-refractivity contribution in [1.29, 1.82) is 0 Å². The molecule has 7 heteroatoms. The minimum atomic E-state index is -0.292. The third-order valence-corrected chi connectivity index (χ3v) is 3.56. The van der Waals surface area contributed by atoms with Gasteiger partial charge in [-0.25, -0.2) is 4.68 Å². The molecular formula is C15H15Cl2N3O2. The number of hydrogen-bond acceptors (Lipinski definition) is 3. The molecule has 1 aromatic carbocycles. The van der Waals surface area contributed by atoms with Crippen LogP contribution in [0.5, 0.6) is 0 Å². The van der Waals surface area contributed by atoms with Crippen molar-refractivity contribution >= 4 is 40.7 Å². The van der Waals surface area contributed by atoms with E-state index in [-0.39, 0.29) is 24.7 Å². The standard InChI is InChI=1S/C15H15Cl2N3O2/c1-9-7-10(2)20(19-9)15(22)6-5-14(21)18-13-4-3-11(16)8-12(13)17/h3-4,7-8H,5-6H2,1-2H3,(H,18,21). The molecule has 22 heavy (non-hydrogen) atoms. The second kappa shape index (κ2) is 6.94. The highest BCUT2D eigenvalue weighted by Gasteiger charge is 2.13. The normalized spacial score (nSPS) is 10.5. The number of carbonyl (C=O) groups excluding carboxylic acids is 2. The van der Waals surface area contributed by atoms with Gasteiger partial charge in [0.15, 0.2) is 0 Å². The molecule has 0 saturated heterocycles. The van der Waals surface area contributed by atoms with Gasteiger partial charge in [0.05, 0.1) is 16.4 Å². The van der Waals surface area contributed by atoms with E-state index in [9.17, 15) is 9.59 Å². The summed E-state index contributed by atoms with van der Waals surface area (Å²) in [5.41, 5.74) is 1.99. The maximum Gasteiger partial charge on any atom is 0.247 e. The van der Waals surface area contributed by atoms with Gasteiger partial charge in [0.1, 0.15) is 0 Å². The number of nitrogens with zero attached hydrogens (tertiary/aromatic N) is 2. The van der Waals surface area contributed by atoms with E-state index in [1.807, 2.05) is 13.0 Å². The lowest BCUT2D eigenvalue weighted by atomic mass is 10.2. The quantitative estimate of drug-likeness (QED) is 0.919. The van der Waals surface area contributed by atoms with Crippen molar-refractivity contribution in [2.45, 2.75) is 26.7 Å². The van der Waals surface area contributed by atoms with Gasteiger partial charge in [-0.2, -0.15) is 5.10 Å². The number of aryl methyl sites for hydroxylation is 2. The highest BCUT2D eigenvalue weighted by Crippen LogP contribution is 2.25. The lowest BCUT2D eigenvalue weighted by Crippen LogP contribution is -2.18. The molecule has 1 heterocycles. The number of nitrogens with one attached hydrogen (secondary N) is 1. The molecule has 1 N–H and O–H groups in total. The zero-order chi connectivity index (χ0) is 16.3. The van der Waals surface area contributed by atoms with Crippen molar-refractivity contribution in [2.24, 2.45) is 0 Å². The molecule has 0 unspecified atom stereocenters. The first-order valence-electron chi connectivity index (χ1n) is 6.68. The number of rotatable bonds is 4. The average Bonchev–Trinajstić information content (AvgIpc) is 2.78. The topological polar surface area (TPSA) is 64.0 Å². The van der Waals surface area contributed by atoms with Gasteiger partial charge in [0.2, 0.25) is 11.8 Å². The number of halogens is 2. The van der Waals surface area contributed by atoms with Gasteiger partial charge in [0, 0.05) is 23.6 Å². The Labute approximate surface area is 138 Å². The van der Waals surface area contributed by atoms with E-state index in [1.54, 1.807) is 25.1 Å². The van der Waals surface area contributed by atoms with Crippen molar-refractivity contribution in [3.05, 3.63) is 45.7 Å². The van der Waals surface area contributed by atoms with E-state index in [4.69, 9.17) is 23.2 Å². The van der Waals surface area contributed by atoms with Crippen LogP contribution in [-0.2, 0) is 4.79 Å². The molecule has 0 atom stereocenters. The largest absolute Gasteiger partial charge is 0.325 e.